The summed E-state index contributed by atoms with van der Waals surface area (Å²) >= 11 is 5.91. The maximum atomic E-state index is 12.3. The molecule has 1 aliphatic rings. The molecular weight excluding hydrogens is 322 g/mol. The largest absolute Gasteiger partial charge is 0.326 e. The maximum Gasteiger partial charge on any atom is 0.180 e. The lowest BCUT2D eigenvalue weighted by atomic mass is 10.2. The lowest BCUT2D eigenvalue weighted by Crippen LogP contribution is -2.15. The van der Waals surface area contributed by atoms with Gasteiger partial charge in [-0.05, 0) is 44.0 Å². The highest BCUT2D eigenvalue weighted by Crippen LogP contribution is 2.35. The third kappa shape index (κ3) is 2.57. The molecule has 0 aliphatic carbocycles. The molecule has 2 heterocycles. The number of fused-ring (bicyclic) bond motifs is 1. The zero-order valence-corrected chi connectivity index (χ0v) is 13.9. The first-order valence-corrected chi connectivity index (χ1v) is 8.94. The van der Waals surface area contributed by atoms with Gasteiger partial charge in [0.05, 0.1) is 10.1 Å². The highest BCUT2D eigenvalue weighted by atomic mass is 35.5. The Bertz CT molecular complexity index is 821. The predicted octanol–water partition coefficient (Wildman–Crippen LogP) is 3.01. The third-order valence-corrected chi connectivity index (χ3v) is 6.15. The van der Waals surface area contributed by atoms with Crippen LogP contribution in [-0.4, -0.2) is 30.2 Å². The van der Waals surface area contributed by atoms with E-state index >= 15 is 0 Å². The number of benzene rings is 1. The second-order valence-corrected chi connectivity index (χ2v) is 8.38. The molecule has 1 aromatic heterocycles. The van der Waals surface area contributed by atoms with Crippen molar-refractivity contribution in [2.24, 2.45) is 0 Å². The second kappa shape index (κ2) is 5.52. The molecule has 1 aromatic carbocycles. The molecule has 3 rings (SSSR count). The fourth-order valence-electron chi connectivity index (χ4n) is 2.54. The summed E-state index contributed by atoms with van der Waals surface area (Å²) in [6.07, 6.45) is 2.20. The lowest BCUT2D eigenvalue weighted by molar-refractivity contribution is 0.587. The summed E-state index contributed by atoms with van der Waals surface area (Å²) < 4.78 is 24.6. The molecule has 0 saturated heterocycles. The van der Waals surface area contributed by atoms with Crippen molar-refractivity contribution in [2.75, 3.05) is 11.4 Å². The number of sulfone groups is 1. The molecule has 0 radical (unpaired) electrons. The quantitative estimate of drug-likeness (QED) is 0.806. The van der Waals surface area contributed by atoms with E-state index in [9.17, 15) is 8.42 Å². The van der Waals surface area contributed by atoms with Gasteiger partial charge in [0.1, 0.15) is 17.3 Å². The molecule has 2 aromatic rings. The van der Waals surface area contributed by atoms with Crippen LogP contribution in [0.3, 0.4) is 0 Å². The molecule has 0 saturated carbocycles. The van der Waals surface area contributed by atoms with Crippen molar-refractivity contribution in [1.82, 2.24) is 9.97 Å². The zero-order chi connectivity index (χ0) is 15.9. The molecule has 22 heavy (non-hydrogen) atoms. The summed E-state index contributed by atoms with van der Waals surface area (Å²) in [6.45, 7) is 4.13. The van der Waals surface area contributed by atoms with Crippen LogP contribution in [0.4, 0.5) is 11.5 Å². The number of aromatic nitrogens is 2. The summed E-state index contributed by atoms with van der Waals surface area (Å²) in [5.41, 5.74) is 1.98. The fraction of sp³-hybridized carbons (Fsp3) is 0.333. The first-order valence-electron chi connectivity index (χ1n) is 7.01. The topological polar surface area (TPSA) is 63.2 Å². The number of hydrogen-bond donors (Lipinski definition) is 0. The van der Waals surface area contributed by atoms with Crippen molar-refractivity contribution >= 4 is 32.9 Å². The number of nitrogens with zero attached hydrogens (tertiary/aromatic N) is 3. The predicted molar refractivity (Wildman–Crippen MR) is 86.5 cm³/mol. The Hall–Kier alpha value is -1.66. The highest BCUT2D eigenvalue weighted by molar-refractivity contribution is 7.92. The van der Waals surface area contributed by atoms with Crippen LogP contribution in [0.15, 0.2) is 35.5 Å². The first kappa shape index (κ1) is 15.2. The molecule has 5 nitrogen and oxygen atoms in total. The minimum Gasteiger partial charge on any atom is -0.326 e. The van der Waals surface area contributed by atoms with Crippen LogP contribution in [0.2, 0.25) is 5.15 Å². The summed E-state index contributed by atoms with van der Waals surface area (Å²) in [5, 5.41) is -0.0406. The summed E-state index contributed by atoms with van der Waals surface area (Å²) in [4.78, 5) is 10.5. The fourth-order valence-corrected chi connectivity index (χ4v) is 3.79. The zero-order valence-electron chi connectivity index (χ0n) is 12.3. The molecule has 0 spiro atoms. The van der Waals surface area contributed by atoms with Crippen LogP contribution in [0.5, 0.6) is 0 Å². The van der Waals surface area contributed by atoms with E-state index < -0.39 is 15.1 Å². The van der Waals surface area contributed by atoms with E-state index in [0.29, 0.717) is 10.0 Å². The van der Waals surface area contributed by atoms with E-state index in [1.807, 2.05) is 11.0 Å². The minimum absolute atomic E-state index is 0.379. The van der Waals surface area contributed by atoms with Crippen LogP contribution in [-0.2, 0) is 16.3 Å². The number of hydrogen-bond acceptors (Lipinski definition) is 5. The van der Waals surface area contributed by atoms with Crippen LogP contribution >= 0.6 is 11.6 Å². The van der Waals surface area contributed by atoms with Gasteiger partial charge in [-0.1, -0.05) is 11.6 Å². The Morgan fingerprint density at radius 2 is 2.00 bits per heavy atom. The van der Waals surface area contributed by atoms with Gasteiger partial charge >= 0.3 is 0 Å². The van der Waals surface area contributed by atoms with E-state index in [-0.39, 0.29) is 0 Å². The standard InChI is InChI=1S/C15H16ClN3O2S/c1-10(2)22(20,21)12-3-4-13-11(7-12)5-6-19(13)15-8-14(16)17-9-18-15/h3-4,7-10H,5-6H2,1-2H3. The van der Waals surface area contributed by atoms with Crippen molar-refractivity contribution in [3.63, 3.8) is 0 Å². The SMILES string of the molecule is CC(C)S(=O)(=O)c1ccc2c(c1)CCN2c1cc(Cl)ncn1. The van der Waals surface area contributed by atoms with Crippen LogP contribution < -0.4 is 4.90 Å². The lowest BCUT2D eigenvalue weighted by Gasteiger charge is -2.18. The van der Waals surface area contributed by atoms with E-state index in [2.05, 4.69) is 9.97 Å². The van der Waals surface area contributed by atoms with Gasteiger partial charge in [0.25, 0.3) is 0 Å². The number of halogens is 1. The van der Waals surface area contributed by atoms with E-state index in [1.54, 1.807) is 32.0 Å². The normalized spacial score (nSPS) is 14.5. The molecular formula is C15H16ClN3O2S. The molecule has 0 atom stereocenters. The van der Waals surface area contributed by atoms with Gasteiger partial charge in [-0.3, -0.25) is 0 Å². The van der Waals surface area contributed by atoms with Crippen molar-refractivity contribution in [3.05, 3.63) is 41.3 Å². The van der Waals surface area contributed by atoms with E-state index in [4.69, 9.17) is 11.6 Å². The first-order chi connectivity index (χ1) is 10.4. The maximum absolute atomic E-state index is 12.3. The summed E-state index contributed by atoms with van der Waals surface area (Å²) in [6, 6.07) is 6.98. The highest BCUT2D eigenvalue weighted by Gasteiger charge is 2.25. The average Bonchev–Trinajstić information content (AvgIpc) is 2.90. The van der Waals surface area contributed by atoms with Crippen LogP contribution in [0.25, 0.3) is 0 Å². The van der Waals surface area contributed by atoms with Crippen molar-refractivity contribution < 1.29 is 8.42 Å². The van der Waals surface area contributed by atoms with Gasteiger partial charge in [0, 0.05) is 18.3 Å². The smallest absolute Gasteiger partial charge is 0.180 e. The second-order valence-electron chi connectivity index (χ2n) is 5.48. The molecule has 0 N–H and O–H groups in total. The Kier molecular flexibility index (Phi) is 3.82. The molecule has 1 aliphatic heterocycles. The molecule has 7 heteroatoms. The van der Waals surface area contributed by atoms with Gasteiger partial charge in [0.2, 0.25) is 0 Å². The van der Waals surface area contributed by atoms with Gasteiger partial charge < -0.3 is 4.90 Å². The molecule has 0 bridgehead atoms. The van der Waals surface area contributed by atoms with Gasteiger partial charge in [-0.25, -0.2) is 18.4 Å². The van der Waals surface area contributed by atoms with E-state index in [0.717, 1.165) is 30.0 Å². The molecule has 116 valence electrons. The van der Waals surface area contributed by atoms with Crippen LogP contribution in [0, 0.1) is 0 Å². The average molecular weight is 338 g/mol. The van der Waals surface area contributed by atoms with Gasteiger partial charge in [0.15, 0.2) is 9.84 Å². The molecule has 0 amide bonds. The van der Waals surface area contributed by atoms with Crippen molar-refractivity contribution in [2.45, 2.75) is 30.4 Å². The van der Waals surface area contributed by atoms with Crippen molar-refractivity contribution in [3.8, 4) is 0 Å². The Balaban J connectivity index is 2.01. The summed E-state index contributed by atoms with van der Waals surface area (Å²) in [7, 11) is -3.25. The summed E-state index contributed by atoms with van der Waals surface area (Å²) in [5.74, 6) is 0.721. The van der Waals surface area contributed by atoms with E-state index in [1.165, 1.54) is 6.33 Å². The molecule has 0 fully saturated rings. The third-order valence-electron chi connectivity index (χ3n) is 3.79. The Morgan fingerprint density at radius 1 is 1.23 bits per heavy atom. The van der Waals surface area contributed by atoms with Crippen LogP contribution in [0.1, 0.15) is 19.4 Å². The molecule has 0 unspecified atom stereocenters. The Morgan fingerprint density at radius 3 is 2.68 bits per heavy atom. The van der Waals surface area contributed by atoms with Gasteiger partial charge in [-0.15, -0.1) is 0 Å². The van der Waals surface area contributed by atoms with Gasteiger partial charge in [-0.2, -0.15) is 0 Å². The Labute approximate surface area is 134 Å². The monoisotopic (exact) mass is 337 g/mol. The number of anilines is 2. The minimum atomic E-state index is -3.25. The van der Waals surface area contributed by atoms with Crippen molar-refractivity contribution in [1.29, 1.82) is 0 Å². The number of rotatable bonds is 3.